The van der Waals surface area contributed by atoms with E-state index in [-0.39, 0.29) is 17.7 Å². The van der Waals surface area contributed by atoms with Crippen LogP contribution in [0.25, 0.3) is 0 Å². The van der Waals surface area contributed by atoms with Crippen LogP contribution in [0, 0.1) is 11.6 Å². The zero-order valence-electron chi connectivity index (χ0n) is 8.18. The molecule has 1 aromatic rings. The van der Waals surface area contributed by atoms with Crippen molar-refractivity contribution in [1.82, 2.24) is 0 Å². The Kier molecular flexibility index (Phi) is 3.89. The van der Waals surface area contributed by atoms with Crippen LogP contribution in [0.1, 0.15) is 12.5 Å². The van der Waals surface area contributed by atoms with Crippen molar-refractivity contribution < 1.29 is 8.78 Å². The van der Waals surface area contributed by atoms with Gasteiger partial charge in [0.05, 0.1) is 0 Å². The highest BCUT2D eigenvalue weighted by Gasteiger charge is 2.10. The van der Waals surface area contributed by atoms with Crippen molar-refractivity contribution in [1.29, 1.82) is 0 Å². The van der Waals surface area contributed by atoms with Gasteiger partial charge >= 0.3 is 0 Å². The topological polar surface area (TPSA) is 26.0 Å². The fourth-order valence-electron chi connectivity index (χ4n) is 1.23. The van der Waals surface area contributed by atoms with E-state index in [2.05, 4.69) is 0 Å². The lowest BCUT2D eigenvalue weighted by molar-refractivity contribution is 0.557. The highest BCUT2D eigenvalue weighted by Crippen LogP contribution is 2.23. The summed E-state index contributed by atoms with van der Waals surface area (Å²) in [5.74, 6) is -0.761. The standard InChI is InChI=1S/C10H13F2NS/c1-6(13)3-7-4-9(12)10(14-2)5-8(7)11/h4-6H,3,13H2,1-2H3. The third-order valence-corrected chi connectivity index (χ3v) is 2.62. The van der Waals surface area contributed by atoms with Crippen LogP contribution in [0.2, 0.25) is 0 Å². The molecule has 0 aliphatic carbocycles. The first-order valence-corrected chi connectivity index (χ1v) is 5.54. The molecule has 0 spiro atoms. The van der Waals surface area contributed by atoms with Gasteiger partial charge in [0.1, 0.15) is 11.6 Å². The van der Waals surface area contributed by atoms with Crippen molar-refractivity contribution in [2.75, 3.05) is 6.26 Å². The van der Waals surface area contributed by atoms with Crippen molar-refractivity contribution in [2.45, 2.75) is 24.3 Å². The normalized spacial score (nSPS) is 12.9. The molecule has 14 heavy (non-hydrogen) atoms. The van der Waals surface area contributed by atoms with E-state index in [0.717, 1.165) is 0 Å². The van der Waals surface area contributed by atoms with E-state index in [4.69, 9.17) is 5.73 Å². The van der Waals surface area contributed by atoms with Gasteiger partial charge < -0.3 is 5.73 Å². The lowest BCUT2D eigenvalue weighted by atomic mass is 10.1. The summed E-state index contributed by atoms with van der Waals surface area (Å²) < 4.78 is 26.6. The Morgan fingerprint density at radius 2 is 2.00 bits per heavy atom. The molecule has 0 amide bonds. The van der Waals surface area contributed by atoms with Gasteiger partial charge in [-0.15, -0.1) is 11.8 Å². The van der Waals surface area contributed by atoms with Gasteiger partial charge in [-0.25, -0.2) is 8.78 Å². The fraction of sp³-hybridized carbons (Fsp3) is 0.400. The van der Waals surface area contributed by atoms with Crippen LogP contribution < -0.4 is 5.73 Å². The first-order chi connectivity index (χ1) is 6.54. The van der Waals surface area contributed by atoms with Crippen LogP contribution >= 0.6 is 11.8 Å². The van der Waals surface area contributed by atoms with Gasteiger partial charge in [0.2, 0.25) is 0 Å². The quantitative estimate of drug-likeness (QED) is 0.787. The van der Waals surface area contributed by atoms with Crippen molar-refractivity contribution in [3.63, 3.8) is 0 Å². The number of halogens is 2. The van der Waals surface area contributed by atoms with E-state index < -0.39 is 0 Å². The summed E-state index contributed by atoms with van der Waals surface area (Å²) in [7, 11) is 0. The molecular weight excluding hydrogens is 204 g/mol. The van der Waals surface area contributed by atoms with E-state index in [1.807, 2.05) is 0 Å². The summed E-state index contributed by atoms with van der Waals surface area (Å²) in [5.41, 5.74) is 5.86. The van der Waals surface area contributed by atoms with Gasteiger partial charge in [0, 0.05) is 10.9 Å². The summed E-state index contributed by atoms with van der Waals surface area (Å²) in [6.45, 7) is 1.76. The summed E-state index contributed by atoms with van der Waals surface area (Å²) >= 11 is 1.19. The zero-order chi connectivity index (χ0) is 10.7. The molecule has 0 saturated heterocycles. The minimum absolute atomic E-state index is 0.163. The van der Waals surface area contributed by atoms with Gasteiger partial charge in [-0.1, -0.05) is 0 Å². The molecule has 78 valence electrons. The first kappa shape index (κ1) is 11.5. The molecule has 0 saturated carbocycles. The molecular formula is C10H13F2NS. The molecule has 1 aromatic carbocycles. The first-order valence-electron chi connectivity index (χ1n) is 4.32. The Morgan fingerprint density at radius 1 is 1.36 bits per heavy atom. The number of rotatable bonds is 3. The highest BCUT2D eigenvalue weighted by atomic mass is 32.2. The molecule has 0 aliphatic heterocycles. The minimum Gasteiger partial charge on any atom is -0.328 e. The number of benzene rings is 1. The Hall–Kier alpha value is -0.610. The third-order valence-electron chi connectivity index (χ3n) is 1.86. The van der Waals surface area contributed by atoms with Gasteiger partial charge in [0.25, 0.3) is 0 Å². The van der Waals surface area contributed by atoms with Crippen molar-refractivity contribution >= 4 is 11.8 Å². The molecule has 0 aromatic heterocycles. The van der Waals surface area contributed by atoms with E-state index >= 15 is 0 Å². The number of hydrogen-bond acceptors (Lipinski definition) is 2. The van der Waals surface area contributed by atoms with E-state index in [9.17, 15) is 8.78 Å². The molecule has 2 N–H and O–H groups in total. The van der Waals surface area contributed by atoms with Gasteiger partial charge in [0.15, 0.2) is 0 Å². The summed E-state index contributed by atoms with van der Waals surface area (Å²) in [6.07, 6.45) is 2.07. The van der Waals surface area contributed by atoms with Crippen LogP contribution in [-0.2, 0) is 6.42 Å². The van der Waals surface area contributed by atoms with Crippen molar-refractivity contribution in [3.05, 3.63) is 29.3 Å². The van der Waals surface area contributed by atoms with Gasteiger partial charge in [-0.3, -0.25) is 0 Å². The molecule has 1 unspecified atom stereocenters. The Balaban J connectivity index is 3.02. The fourth-order valence-corrected chi connectivity index (χ4v) is 1.70. The third kappa shape index (κ3) is 2.69. The molecule has 1 atom stereocenters. The zero-order valence-corrected chi connectivity index (χ0v) is 9.00. The maximum Gasteiger partial charge on any atom is 0.137 e. The van der Waals surface area contributed by atoms with Crippen LogP contribution in [-0.4, -0.2) is 12.3 Å². The van der Waals surface area contributed by atoms with Crippen LogP contribution in [0.5, 0.6) is 0 Å². The van der Waals surface area contributed by atoms with Crippen LogP contribution in [0.3, 0.4) is 0 Å². The monoisotopic (exact) mass is 217 g/mol. The average molecular weight is 217 g/mol. The molecule has 0 radical (unpaired) electrons. The number of thioether (sulfide) groups is 1. The maximum atomic E-state index is 13.3. The predicted molar refractivity (Wildman–Crippen MR) is 55.5 cm³/mol. The second-order valence-corrected chi connectivity index (χ2v) is 4.11. The Morgan fingerprint density at radius 3 is 2.50 bits per heavy atom. The molecule has 0 bridgehead atoms. The molecule has 0 aliphatic rings. The van der Waals surface area contributed by atoms with Gasteiger partial charge in [-0.05, 0) is 37.3 Å². The van der Waals surface area contributed by atoms with E-state index in [1.165, 1.54) is 23.9 Å². The lowest BCUT2D eigenvalue weighted by Crippen LogP contribution is -2.18. The smallest absolute Gasteiger partial charge is 0.137 e. The number of hydrogen-bond donors (Lipinski definition) is 1. The van der Waals surface area contributed by atoms with Gasteiger partial charge in [-0.2, -0.15) is 0 Å². The van der Waals surface area contributed by atoms with Crippen LogP contribution in [0.15, 0.2) is 17.0 Å². The number of nitrogens with two attached hydrogens (primary N) is 1. The minimum atomic E-state index is -0.381. The molecule has 1 nitrogen and oxygen atoms in total. The average Bonchev–Trinajstić information content (AvgIpc) is 2.10. The molecule has 0 fully saturated rings. The lowest BCUT2D eigenvalue weighted by Gasteiger charge is -2.08. The largest absolute Gasteiger partial charge is 0.328 e. The second-order valence-electron chi connectivity index (χ2n) is 3.26. The predicted octanol–water partition coefficient (Wildman–Crippen LogP) is 2.58. The maximum absolute atomic E-state index is 13.3. The van der Waals surface area contributed by atoms with E-state index in [1.54, 1.807) is 13.2 Å². The molecule has 4 heteroatoms. The Bertz CT molecular complexity index is 326. The Labute approximate surface area is 86.7 Å². The summed E-state index contributed by atoms with van der Waals surface area (Å²) in [5, 5.41) is 0. The summed E-state index contributed by atoms with van der Waals surface area (Å²) in [4.78, 5) is 0.330. The van der Waals surface area contributed by atoms with Crippen molar-refractivity contribution in [3.8, 4) is 0 Å². The molecule has 1 rings (SSSR count). The second kappa shape index (κ2) is 4.75. The highest BCUT2D eigenvalue weighted by molar-refractivity contribution is 7.98. The molecule has 0 heterocycles. The SMILES string of the molecule is CSc1cc(F)c(CC(C)N)cc1F. The van der Waals surface area contributed by atoms with E-state index in [0.29, 0.717) is 16.9 Å². The van der Waals surface area contributed by atoms with Crippen LogP contribution in [0.4, 0.5) is 8.78 Å². The summed E-state index contributed by atoms with van der Waals surface area (Å²) in [6, 6.07) is 2.28. The van der Waals surface area contributed by atoms with Crippen molar-refractivity contribution in [2.24, 2.45) is 5.73 Å².